The molecule has 0 aliphatic rings. The lowest BCUT2D eigenvalue weighted by Crippen LogP contribution is -2.17. The summed E-state index contributed by atoms with van der Waals surface area (Å²) >= 11 is 0. The fraction of sp³-hybridized carbons (Fsp3) is 0.217. The lowest BCUT2D eigenvalue weighted by molar-refractivity contribution is 0.101. The summed E-state index contributed by atoms with van der Waals surface area (Å²) < 4.78 is 5.19. The molecular formula is C23H24N4O3. The molecule has 0 saturated carbocycles. The van der Waals surface area contributed by atoms with E-state index in [1.807, 2.05) is 39.8 Å². The van der Waals surface area contributed by atoms with Gasteiger partial charge in [-0.05, 0) is 52.0 Å². The molecule has 1 aromatic heterocycles. The lowest BCUT2D eigenvalue weighted by Gasteiger charge is -2.11. The molecule has 0 bridgehead atoms. The van der Waals surface area contributed by atoms with Gasteiger partial charge >= 0.3 is 0 Å². The monoisotopic (exact) mass is 404 g/mol. The van der Waals surface area contributed by atoms with E-state index in [4.69, 9.17) is 4.74 Å². The number of carbonyl (C=O) groups excluding carboxylic acids is 2. The van der Waals surface area contributed by atoms with E-state index in [-0.39, 0.29) is 29.5 Å². The molecule has 7 heteroatoms. The molecule has 0 saturated heterocycles. The van der Waals surface area contributed by atoms with Gasteiger partial charge in [0.1, 0.15) is 5.82 Å². The SMILES string of the molecule is COc1cc(NC(=O)c2cc(C)cc(C)c2)nc(NC(=O)c2cc(C)cc(C)c2)n1. The number of amides is 2. The standard InChI is InChI=1S/C23H24N4O3/c1-13-6-14(2)9-17(8-13)21(28)24-19-12-20(30-5)26-23(25-19)27-22(29)18-10-15(3)7-16(4)11-18/h6-12H,1-5H3,(H2,24,25,26,27,28,29). The molecule has 7 nitrogen and oxygen atoms in total. The Kier molecular flexibility index (Phi) is 6.11. The topological polar surface area (TPSA) is 93.2 Å². The third-order valence-electron chi connectivity index (χ3n) is 4.35. The van der Waals surface area contributed by atoms with Crippen molar-refractivity contribution in [2.45, 2.75) is 27.7 Å². The Morgan fingerprint density at radius 1 is 0.700 bits per heavy atom. The summed E-state index contributed by atoms with van der Waals surface area (Å²) in [7, 11) is 1.45. The fourth-order valence-corrected chi connectivity index (χ4v) is 3.22. The Morgan fingerprint density at radius 3 is 1.63 bits per heavy atom. The van der Waals surface area contributed by atoms with E-state index in [2.05, 4.69) is 20.6 Å². The highest BCUT2D eigenvalue weighted by Crippen LogP contribution is 2.19. The van der Waals surface area contributed by atoms with Crippen LogP contribution in [0.15, 0.2) is 42.5 Å². The molecule has 0 aliphatic heterocycles. The number of ether oxygens (including phenoxy) is 1. The van der Waals surface area contributed by atoms with Crippen LogP contribution in [0.5, 0.6) is 5.88 Å². The Bertz CT molecular complexity index is 1000. The van der Waals surface area contributed by atoms with Crippen molar-refractivity contribution in [3.63, 3.8) is 0 Å². The van der Waals surface area contributed by atoms with Crippen LogP contribution in [-0.2, 0) is 0 Å². The molecule has 154 valence electrons. The van der Waals surface area contributed by atoms with Gasteiger partial charge in [-0.25, -0.2) is 0 Å². The Hall–Kier alpha value is -3.74. The smallest absolute Gasteiger partial charge is 0.258 e. The van der Waals surface area contributed by atoms with Crippen LogP contribution in [0.3, 0.4) is 0 Å². The van der Waals surface area contributed by atoms with Crippen molar-refractivity contribution in [3.8, 4) is 5.88 Å². The molecule has 2 amide bonds. The van der Waals surface area contributed by atoms with Crippen molar-refractivity contribution in [2.24, 2.45) is 0 Å². The molecule has 0 spiro atoms. The summed E-state index contributed by atoms with van der Waals surface area (Å²) in [6.45, 7) is 7.70. The number of hydrogen-bond donors (Lipinski definition) is 2. The van der Waals surface area contributed by atoms with Crippen molar-refractivity contribution < 1.29 is 14.3 Å². The molecule has 3 rings (SSSR count). The second-order valence-electron chi connectivity index (χ2n) is 7.28. The maximum atomic E-state index is 12.6. The average molecular weight is 404 g/mol. The normalized spacial score (nSPS) is 10.4. The maximum Gasteiger partial charge on any atom is 0.258 e. The number of rotatable bonds is 5. The molecule has 1 heterocycles. The summed E-state index contributed by atoms with van der Waals surface area (Å²) in [6, 6.07) is 12.6. The van der Waals surface area contributed by atoms with Gasteiger partial charge in [0, 0.05) is 17.2 Å². The molecular weight excluding hydrogens is 380 g/mol. The number of methoxy groups -OCH3 is 1. The van der Waals surface area contributed by atoms with Gasteiger partial charge in [0.05, 0.1) is 7.11 Å². The number of nitrogens with zero attached hydrogens (tertiary/aromatic N) is 2. The Labute approximate surface area is 175 Å². The van der Waals surface area contributed by atoms with E-state index >= 15 is 0 Å². The first-order chi connectivity index (χ1) is 14.2. The number of nitrogens with one attached hydrogen (secondary N) is 2. The van der Waals surface area contributed by atoms with E-state index in [1.54, 1.807) is 24.3 Å². The predicted molar refractivity (Wildman–Crippen MR) is 116 cm³/mol. The maximum absolute atomic E-state index is 12.6. The van der Waals surface area contributed by atoms with E-state index in [9.17, 15) is 9.59 Å². The van der Waals surface area contributed by atoms with E-state index < -0.39 is 0 Å². The van der Waals surface area contributed by atoms with Gasteiger partial charge < -0.3 is 10.1 Å². The zero-order chi connectivity index (χ0) is 21.8. The first kappa shape index (κ1) is 21.0. The van der Waals surface area contributed by atoms with Crippen LogP contribution >= 0.6 is 0 Å². The molecule has 2 N–H and O–H groups in total. The molecule has 0 aliphatic carbocycles. The van der Waals surface area contributed by atoms with Crippen LogP contribution in [0.2, 0.25) is 0 Å². The average Bonchev–Trinajstić information content (AvgIpc) is 2.66. The Morgan fingerprint density at radius 2 is 1.17 bits per heavy atom. The number of anilines is 2. The first-order valence-electron chi connectivity index (χ1n) is 9.46. The Balaban J connectivity index is 1.84. The number of hydrogen-bond acceptors (Lipinski definition) is 5. The van der Waals surface area contributed by atoms with Gasteiger partial charge in [-0.3, -0.25) is 14.9 Å². The molecule has 0 unspecified atom stereocenters. The minimum absolute atomic E-state index is 0.0363. The summed E-state index contributed by atoms with van der Waals surface area (Å²) in [5.41, 5.74) is 4.95. The number of benzene rings is 2. The van der Waals surface area contributed by atoms with Crippen molar-refractivity contribution >= 4 is 23.6 Å². The molecule has 3 aromatic rings. The van der Waals surface area contributed by atoms with E-state index in [1.165, 1.54) is 13.2 Å². The van der Waals surface area contributed by atoms with Crippen LogP contribution < -0.4 is 15.4 Å². The zero-order valence-corrected chi connectivity index (χ0v) is 17.7. The quantitative estimate of drug-likeness (QED) is 0.664. The minimum Gasteiger partial charge on any atom is -0.481 e. The van der Waals surface area contributed by atoms with Crippen molar-refractivity contribution in [2.75, 3.05) is 17.7 Å². The highest BCUT2D eigenvalue weighted by molar-refractivity contribution is 6.05. The summed E-state index contributed by atoms with van der Waals surface area (Å²) in [4.78, 5) is 33.7. The van der Waals surface area contributed by atoms with Gasteiger partial charge in [0.25, 0.3) is 11.8 Å². The second-order valence-corrected chi connectivity index (χ2v) is 7.28. The largest absolute Gasteiger partial charge is 0.481 e. The van der Waals surface area contributed by atoms with Crippen LogP contribution in [-0.4, -0.2) is 28.9 Å². The van der Waals surface area contributed by atoms with Gasteiger partial charge in [-0.15, -0.1) is 0 Å². The van der Waals surface area contributed by atoms with Gasteiger partial charge in [-0.1, -0.05) is 34.4 Å². The van der Waals surface area contributed by atoms with Crippen LogP contribution in [0, 0.1) is 27.7 Å². The zero-order valence-electron chi connectivity index (χ0n) is 17.7. The molecule has 0 fully saturated rings. The fourth-order valence-electron chi connectivity index (χ4n) is 3.22. The highest BCUT2D eigenvalue weighted by atomic mass is 16.5. The van der Waals surface area contributed by atoms with Crippen LogP contribution in [0.25, 0.3) is 0 Å². The molecule has 2 aromatic carbocycles. The molecule has 0 atom stereocenters. The summed E-state index contributed by atoms with van der Waals surface area (Å²) in [5.74, 6) is -0.178. The molecule has 0 radical (unpaired) electrons. The highest BCUT2D eigenvalue weighted by Gasteiger charge is 2.14. The van der Waals surface area contributed by atoms with E-state index in [0.717, 1.165) is 22.3 Å². The first-order valence-corrected chi connectivity index (χ1v) is 9.46. The van der Waals surface area contributed by atoms with Gasteiger partial charge in [-0.2, -0.15) is 9.97 Å². The summed E-state index contributed by atoms with van der Waals surface area (Å²) in [6.07, 6.45) is 0. The van der Waals surface area contributed by atoms with Crippen molar-refractivity contribution in [1.29, 1.82) is 0 Å². The number of carbonyl (C=O) groups is 2. The third-order valence-corrected chi connectivity index (χ3v) is 4.35. The minimum atomic E-state index is -0.346. The van der Waals surface area contributed by atoms with E-state index in [0.29, 0.717) is 11.1 Å². The lowest BCUT2D eigenvalue weighted by atomic mass is 10.1. The van der Waals surface area contributed by atoms with Crippen molar-refractivity contribution in [3.05, 3.63) is 75.8 Å². The molecule has 30 heavy (non-hydrogen) atoms. The van der Waals surface area contributed by atoms with Crippen LogP contribution in [0.4, 0.5) is 11.8 Å². The predicted octanol–water partition coefficient (Wildman–Crippen LogP) is 4.22. The van der Waals surface area contributed by atoms with Crippen LogP contribution in [0.1, 0.15) is 43.0 Å². The third kappa shape index (κ3) is 5.20. The van der Waals surface area contributed by atoms with Gasteiger partial charge in [0.15, 0.2) is 0 Å². The van der Waals surface area contributed by atoms with Crippen molar-refractivity contribution in [1.82, 2.24) is 9.97 Å². The number of aromatic nitrogens is 2. The van der Waals surface area contributed by atoms with Gasteiger partial charge in [0.2, 0.25) is 11.8 Å². The second kappa shape index (κ2) is 8.73. The number of aryl methyl sites for hydroxylation is 4. The summed E-state index contributed by atoms with van der Waals surface area (Å²) in [5, 5.41) is 5.40.